The van der Waals surface area contributed by atoms with Crippen LogP contribution >= 0.6 is 11.6 Å². The number of para-hydroxylation sites is 2. The number of ether oxygens (including phenoxy) is 1. The third-order valence-corrected chi connectivity index (χ3v) is 2.49. The van der Waals surface area contributed by atoms with Crippen molar-refractivity contribution in [2.45, 2.75) is 6.61 Å². The summed E-state index contributed by atoms with van der Waals surface area (Å²) in [7, 11) is 0. The summed E-state index contributed by atoms with van der Waals surface area (Å²) in [6, 6.07) is 11.0. The highest BCUT2D eigenvalue weighted by atomic mass is 35.5. The van der Waals surface area contributed by atoms with E-state index in [-0.39, 0.29) is 5.88 Å². The van der Waals surface area contributed by atoms with Crippen LogP contribution in [0.4, 0.5) is 5.69 Å². The molecule has 0 radical (unpaired) electrons. The van der Waals surface area contributed by atoms with Crippen molar-refractivity contribution < 1.29 is 9.15 Å². The molecule has 5 heteroatoms. The summed E-state index contributed by atoms with van der Waals surface area (Å²) in [5, 5.41) is 0. The Balaban J connectivity index is 2.12. The summed E-state index contributed by atoms with van der Waals surface area (Å²) in [5.41, 5.74) is 6.26. The Kier molecular flexibility index (Phi) is 4.25. The molecule has 0 aliphatic heterocycles. The number of aliphatic imine (C=N–C) groups is 1. The molecule has 18 heavy (non-hydrogen) atoms. The molecule has 0 atom stereocenters. The molecule has 1 heterocycles. The lowest BCUT2D eigenvalue weighted by Crippen LogP contribution is -2.12. The van der Waals surface area contributed by atoms with E-state index in [4.69, 9.17) is 26.5 Å². The van der Waals surface area contributed by atoms with Gasteiger partial charge in [0.25, 0.3) is 0 Å². The lowest BCUT2D eigenvalue weighted by molar-refractivity contribution is 0.271. The number of halogens is 1. The minimum Gasteiger partial charge on any atom is -0.483 e. The molecular formula is C13H13ClN2O2. The molecule has 0 amide bonds. The van der Waals surface area contributed by atoms with E-state index in [1.807, 2.05) is 36.4 Å². The quantitative estimate of drug-likeness (QED) is 0.513. The van der Waals surface area contributed by atoms with Crippen LogP contribution in [-0.4, -0.2) is 11.7 Å². The molecule has 2 N–H and O–H groups in total. The molecule has 1 aromatic carbocycles. The standard InChI is InChI=1S/C13H13ClN2O2/c14-8-13(15)16-11-5-1-2-6-12(11)18-9-10-4-3-7-17-10/h1-7H,8-9H2,(H2,15,16). The van der Waals surface area contributed by atoms with Gasteiger partial charge in [-0.05, 0) is 24.3 Å². The van der Waals surface area contributed by atoms with Crippen molar-refractivity contribution in [2.24, 2.45) is 10.7 Å². The second-order valence-corrected chi connectivity index (χ2v) is 3.84. The van der Waals surface area contributed by atoms with E-state index in [2.05, 4.69) is 4.99 Å². The van der Waals surface area contributed by atoms with Gasteiger partial charge in [-0.15, -0.1) is 11.6 Å². The smallest absolute Gasteiger partial charge is 0.146 e. The van der Waals surface area contributed by atoms with E-state index < -0.39 is 0 Å². The fraction of sp³-hybridized carbons (Fsp3) is 0.154. The van der Waals surface area contributed by atoms with Crippen LogP contribution in [0.25, 0.3) is 0 Å². The summed E-state index contributed by atoms with van der Waals surface area (Å²) in [5.74, 6) is 1.93. The van der Waals surface area contributed by atoms with Crippen molar-refractivity contribution in [2.75, 3.05) is 5.88 Å². The Bertz CT molecular complexity index is 524. The molecule has 0 saturated heterocycles. The zero-order valence-corrected chi connectivity index (χ0v) is 10.4. The van der Waals surface area contributed by atoms with Crippen LogP contribution in [0.2, 0.25) is 0 Å². The number of benzene rings is 1. The first-order chi connectivity index (χ1) is 8.79. The van der Waals surface area contributed by atoms with Crippen LogP contribution < -0.4 is 10.5 Å². The zero-order valence-electron chi connectivity index (χ0n) is 9.67. The highest BCUT2D eigenvalue weighted by molar-refractivity contribution is 6.28. The molecule has 0 aliphatic carbocycles. The maximum absolute atomic E-state index is 5.63. The third-order valence-electron chi connectivity index (χ3n) is 2.22. The number of hydrogen-bond acceptors (Lipinski definition) is 3. The second-order valence-electron chi connectivity index (χ2n) is 3.57. The molecule has 0 unspecified atom stereocenters. The summed E-state index contributed by atoms with van der Waals surface area (Å²) in [6.45, 7) is 0.348. The average Bonchev–Trinajstić information content (AvgIpc) is 2.91. The van der Waals surface area contributed by atoms with Crippen molar-refractivity contribution in [1.82, 2.24) is 0 Å². The number of alkyl halides is 1. The molecule has 2 rings (SSSR count). The number of nitrogens with two attached hydrogens (primary N) is 1. The average molecular weight is 265 g/mol. The largest absolute Gasteiger partial charge is 0.483 e. The maximum atomic E-state index is 5.63. The molecule has 0 fully saturated rings. The minimum atomic E-state index is 0.187. The summed E-state index contributed by atoms with van der Waals surface area (Å²) in [4.78, 5) is 4.18. The molecule has 94 valence electrons. The Morgan fingerprint density at radius 3 is 2.83 bits per heavy atom. The predicted molar refractivity (Wildman–Crippen MR) is 71.5 cm³/mol. The van der Waals surface area contributed by atoms with Gasteiger partial charge < -0.3 is 14.9 Å². The summed E-state index contributed by atoms with van der Waals surface area (Å²) < 4.78 is 10.8. The summed E-state index contributed by atoms with van der Waals surface area (Å²) in [6.07, 6.45) is 1.61. The van der Waals surface area contributed by atoms with Crippen LogP contribution in [0.15, 0.2) is 52.1 Å². The molecule has 0 bridgehead atoms. The Morgan fingerprint density at radius 2 is 2.11 bits per heavy atom. The first-order valence-electron chi connectivity index (χ1n) is 5.43. The van der Waals surface area contributed by atoms with Gasteiger partial charge in [0.15, 0.2) is 0 Å². The van der Waals surface area contributed by atoms with E-state index >= 15 is 0 Å². The van der Waals surface area contributed by atoms with Crippen molar-refractivity contribution in [3.8, 4) is 5.75 Å². The fourth-order valence-electron chi connectivity index (χ4n) is 1.40. The lowest BCUT2D eigenvalue weighted by atomic mass is 10.3. The minimum absolute atomic E-state index is 0.187. The fourth-order valence-corrected chi connectivity index (χ4v) is 1.46. The number of hydrogen-bond donors (Lipinski definition) is 1. The van der Waals surface area contributed by atoms with Crippen LogP contribution in [0.1, 0.15) is 5.76 Å². The monoisotopic (exact) mass is 264 g/mol. The van der Waals surface area contributed by atoms with Crippen LogP contribution in [0, 0.1) is 0 Å². The second kappa shape index (κ2) is 6.12. The van der Waals surface area contributed by atoms with E-state index in [9.17, 15) is 0 Å². The van der Waals surface area contributed by atoms with Gasteiger partial charge in [0.2, 0.25) is 0 Å². The third kappa shape index (κ3) is 3.28. The van der Waals surface area contributed by atoms with E-state index in [0.29, 0.717) is 23.9 Å². The molecule has 0 spiro atoms. The van der Waals surface area contributed by atoms with Crippen LogP contribution in [0.3, 0.4) is 0 Å². The first-order valence-corrected chi connectivity index (χ1v) is 5.96. The summed E-state index contributed by atoms with van der Waals surface area (Å²) >= 11 is 5.60. The highest BCUT2D eigenvalue weighted by Gasteiger charge is 2.04. The first kappa shape index (κ1) is 12.5. The van der Waals surface area contributed by atoms with E-state index in [1.165, 1.54) is 0 Å². The number of furan rings is 1. The van der Waals surface area contributed by atoms with Crippen LogP contribution in [-0.2, 0) is 6.61 Å². The van der Waals surface area contributed by atoms with Crippen LogP contribution in [0.5, 0.6) is 5.75 Å². The van der Waals surface area contributed by atoms with Gasteiger partial charge >= 0.3 is 0 Å². The maximum Gasteiger partial charge on any atom is 0.146 e. The van der Waals surface area contributed by atoms with E-state index in [1.54, 1.807) is 6.26 Å². The Hall–Kier alpha value is -1.94. The predicted octanol–water partition coefficient (Wildman–Crippen LogP) is 3.09. The zero-order chi connectivity index (χ0) is 12.8. The van der Waals surface area contributed by atoms with Crippen molar-refractivity contribution in [1.29, 1.82) is 0 Å². The van der Waals surface area contributed by atoms with Crippen molar-refractivity contribution in [3.63, 3.8) is 0 Å². The van der Waals surface area contributed by atoms with Gasteiger partial charge in [-0.2, -0.15) is 0 Å². The van der Waals surface area contributed by atoms with Gasteiger partial charge in [0, 0.05) is 0 Å². The number of amidine groups is 1. The molecule has 4 nitrogen and oxygen atoms in total. The molecule has 0 saturated carbocycles. The highest BCUT2D eigenvalue weighted by Crippen LogP contribution is 2.27. The van der Waals surface area contributed by atoms with Gasteiger partial charge in [-0.1, -0.05) is 12.1 Å². The van der Waals surface area contributed by atoms with Gasteiger partial charge in [-0.25, -0.2) is 4.99 Å². The van der Waals surface area contributed by atoms with Crippen molar-refractivity contribution >= 4 is 23.1 Å². The lowest BCUT2D eigenvalue weighted by Gasteiger charge is -2.07. The molecular weight excluding hydrogens is 252 g/mol. The normalized spacial score (nSPS) is 11.5. The molecule has 2 aromatic rings. The van der Waals surface area contributed by atoms with E-state index in [0.717, 1.165) is 5.76 Å². The Morgan fingerprint density at radius 1 is 1.28 bits per heavy atom. The van der Waals surface area contributed by atoms with Gasteiger partial charge in [-0.3, -0.25) is 0 Å². The van der Waals surface area contributed by atoms with Gasteiger partial charge in [0.05, 0.1) is 12.1 Å². The SMILES string of the molecule is NC(CCl)=Nc1ccccc1OCc1ccco1. The van der Waals surface area contributed by atoms with Crippen molar-refractivity contribution in [3.05, 3.63) is 48.4 Å². The Labute approximate surface area is 110 Å². The number of nitrogens with zero attached hydrogens (tertiary/aromatic N) is 1. The topological polar surface area (TPSA) is 60.8 Å². The van der Waals surface area contributed by atoms with Gasteiger partial charge in [0.1, 0.15) is 29.6 Å². The molecule has 0 aliphatic rings. The number of rotatable bonds is 5. The molecule has 1 aromatic heterocycles.